The van der Waals surface area contributed by atoms with Crippen LogP contribution in [0.5, 0.6) is 0 Å². The molecule has 3 saturated heterocycles. The van der Waals surface area contributed by atoms with Crippen molar-refractivity contribution in [2.24, 2.45) is 5.92 Å². The third-order valence-electron chi connectivity index (χ3n) is 6.01. The van der Waals surface area contributed by atoms with Crippen molar-refractivity contribution < 1.29 is 5.11 Å². The number of likely N-dealkylation sites (tertiary alicyclic amines) is 2. The smallest absolute Gasteiger partial charge is 0.0558 e. The first-order chi connectivity index (χ1) is 10.8. The average Bonchev–Trinajstić information content (AvgIpc) is 3.19. The van der Waals surface area contributed by atoms with Crippen LogP contribution in [-0.4, -0.2) is 97.9 Å². The minimum Gasteiger partial charge on any atom is -0.395 e. The van der Waals surface area contributed by atoms with Crippen LogP contribution in [-0.2, 0) is 0 Å². The van der Waals surface area contributed by atoms with Gasteiger partial charge in [-0.05, 0) is 64.8 Å². The summed E-state index contributed by atoms with van der Waals surface area (Å²) in [4.78, 5) is 7.78. The lowest BCUT2D eigenvalue weighted by atomic mass is 9.91. The van der Waals surface area contributed by atoms with Gasteiger partial charge in [0.2, 0.25) is 0 Å². The second-order valence-electron chi connectivity index (χ2n) is 7.47. The molecule has 5 nitrogen and oxygen atoms in total. The van der Waals surface area contributed by atoms with Crippen LogP contribution in [0.25, 0.3) is 0 Å². The van der Waals surface area contributed by atoms with Crippen LogP contribution in [0.1, 0.15) is 25.7 Å². The predicted octanol–water partition coefficient (Wildman–Crippen LogP) is 0.0587. The Morgan fingerprint density at radius 2 is 2.00 bits per heavy atom. The highest BCUT2D eigenvalue weighted by Crippen LogP contribution is 2.24. The summed E-state index contributed by atoms with van der Waals surface area (Å²) in [6, 6.07) is 1.39. The molecule has 0 spiro atoms. The Bertz CT molecular complexity index is 335. The van der Waals surface area contributed by atoms with E-state index in [0.717, 1.165) is 31.6 Å². The van der Waals surface area contributed by atoms with E-state index in [9.17, 15) is 5.11 Å². The highest BCUT2D eigenvalue weighted by Gasteiger charge is 2.34. The van der Waals surface area contributed by atoms with Gasteiger partial charge in [-0.3, -0.25) is 9.80 Å². The second kappa shape index (κ2) is 8.06. The number of hydrogen-bond donors (Lipinski definition) is 2. The number of nitrogens with one attached hydrogen (secondary N) is 1. The minimum absolute atomic E-state index is 0.264. The molecule has 3 unspecified atom stereocenters. The van der Waals surface area contributed by atoms with Crippen molar-refractivity contribution >= 4 is 0 Å². The van der Waals surface area contributed by atoms with E-state index in [1.165, 1.54) is 58.4 Å². The van der Waals surface area contributed by atoms with E-state index in [2.05, 4.69) is 27.1 Å². The van der Waals surface area contributed by atoms with E-state index >= 15 is 0 Å². The summed E-state index contributed by atoms with van der Waals surface area (Å²) in [7, 11) is 2.16. The van der Waals surface area contributed by atoms with Gasteiger partial charge < -0.3 is 15.3 Å². The van der Waals surface area contributed by atoms with Gasteiger partial charge in [-0.2, -0.15) is 0 Å². The van der Waals surface area contributed by atoms with Gasteiger partial charge in [-0.25, -0.2) is 0 Å². The van der Waals surface area contributed by atoms with Crippen molar-refractivity contribution in [3.05, 3.63) is 0 Å². The van der Waals surface area contributed by atoms with Crippen molar-refractivity contribution in [3.8, 4) is 0 Å². The molecule has 3 rings (SSSR count). The highest BCUT2D eigenvalue weighted by molar-refractivity contribution is 4.91. The third kappa shape index (κ3) is 4.01. The molecule has 0 amide bonds. The minimum atomic E-state index is 0.264. The Labute approximate surface area is 135 Å². The fourth-order valence-corrected chi connectivity index (χ4v) is 4.66. The second-order valence-corrected chi connectivity index (χ2v) is 7.47. The summed E-state index contributed by atoms with van der Waals surface area (Å²) in [6.45, 7) is 9.73. The van der Waals surface area contributed by atoms with Crippen LogP contribution in [0.3, 0.4) is 0 Å². The topological polar surface area (TPSA) is 42.0 Å². The zero-order valence-electron chi connectivity index (χ0n) is 14.2. The van der Waals surface area contributed by atoms with Crippen LogP contribution in [0.2, 0.25) is 0 Å². The fraction of sp³-hybridized carbons (Fsp3) is 1.00. The predicted molar refractivity (Wildman–Crippen MR) is 90.1 cm³/mol. The van der Waals surface area contributed by atoms with Gasteiger partial charge >= 0.3 is 0 Å². The quantitative estimate of drug-likeness (QED) is 0.726. The number of hydrogen-bond acceptors (Lipinski definition) is 5. The van der Waals surface area contributed by atoms with E-state index in [4.69, 9.17) is 0 Å². The van der Waals surface area contributed by atoms with E-state index in [1.54, 1.807) is 0 Å². The highest BCUT2D eigenvalue weighted by atomic mass is 16.3. The van der Waals surface area contributed by atoms with Crippen LogP contribution in [0, 0.1) is 5.92 Å². The van der Waals surface area contributed by atoms with Gasteiger partial charge in [0.05, 0.1) is 6.61 Å². The molecule has 3 aliphatic rings. The summed E-state index contributed by atoms with van der Waals surface area (Å²) in [5.41, 5.74) is 0. The van der Waals surface area contributed by atoms with Crippen LogP contribution >= 0.6 is 0 Å². The van der Waals surface area contributed by atoms with Gasteiger partial charge in [0.15, 0.2) is 0 Å². The monoisotopic (exact) mass is 310 g/mol. The first kappa shape index (κ1) is 16.7. The maximum absolute atomic E-state index is 9.22. The molecule has 0 bridgehead atoms. The summed E-state index contributed by atoms with van der Waals surface area (Å²) in [5, 5.41) is 12.7. The van der Waals surface area contributed by atoms with Gasteiger partial charge in [0, 0.05) is 38.3 Å². The molecule has 0 aromatic rings. The maximum atomic E-state index is 9.22. The summed E-state index contributed by atoms with van der Waals surface area (Å²) in [5.74, 6) is 0.745. The average molecular weight is 310 g/mol. The molecule has 3 heterocycles. The standard InChI is InChI=1S/C17H34N4O/c1-19(10-11-22)17-12-18-6-4-15(17)13-20-9-5-16(14-20)21-7-2-3-8-21/h15-18,22H,2-14H2,1H3. The summed E-state index contributed by atoms with van der Waals surface area (Å²) in [6.07, 6.45) is 5.44. The third-order valence-corrected chi connectivity index (χ3v) is 6.01. The SMILES string of the molecule is CN(CCO)C1CNCCC1CN1CCC(N2CCCC2)C1. The fourth-order valence-electron chi connectivity index (χ4n) is 4.66. The molecule has 22 heavy (non-hydrogen) atoms. The van der Waals surface area contributed by atoms with E-state index in [0.29, 0.717) is 6.04 Å². The Morgan fingerprint density at radius 3 is 2.77 bits per heavy atom. The molecule has 3 aliphatic heterocycles. The zero-order chi connectivity index (χ0) is 15.4. The molecule has 3 fully saturated rings. The first-order valence-corrected chi connectivity index (χ1v) is 9.26. The molecule has 0 aromatic heterocycles. The molecular formula is C17H34N4O. The molecule has 3 atom stereocenters. The van der Waals surface area contributed by atoms with Gasteiger partial charge in [0.25, 0.3) is 0 Å². The maximum Gasteiger partial charge on any atom is 0.0558 e. The zero-order valence-corrected chi connectivity index (χ0v) is 14.2. The largest absolute Gasteiger partial charge is 0.395 e. The number of aliphatic hydroxyl groups is 1. The lowest BCUT2D eigenvalue weighted by Gasteiger charge is -2.40. The first-order valence-electron chi connectivity index (χ1n) is 9.26. The summed E-state index contributed by atoms with van der Waals surface area (Å²) < 4.78 is 0. The molecule has 2 N–H and O–H groups in total. The lowest BCUT2D eigenvalue weighted by molar-refractivity contribution is 0.0940. The summed E-state index contributed by atoms with van der Waals surface area (Å²) >= 11 is 0. The molecule has 0 radical (unpaired) electrons. The Kier molecular flexibility index (Phi) is 6.10. The van der Waals surface area contributed by atoms with E-state index in [-0.39, 0.29) is 6.61 Å². The van der Waals surface area contributed by atoms with Crippen molar-refractivity contribution in [2.45, 2.75) is 37.8 Å². The van der Waals surface area contributed by atoms with E-state index < -0.39 is 0 Å². The van der Waals surface area contributed by atoms with Crippen LogP contribution < -0.4 is 5.32 Å². The van der Waals surface area contributed by atoms with Crippen molar-refractivity contribution in [2.75, 3.05) is 66.0 Å². The normalized spacial score (nSPS) is 34.8. The molecule has 0 saturated carbocycles. The number of nitrogens with zero attached hydrogens (tertiary/aromatic N) is 3. The van der Waals surface area contributed by atoms with Crippen LogP contribution in [0.15, 0.2) is 0 Å². The Balaban J connectivity index is 1.50. The number of rotatable bonds is 6. The molecule has 0 aliphatic carbocycles. The Hall–Kier alpha value is -0.200. The lowest BCUT2D eigenvalue weighted by Crippen LogP contribution is -2.53. The Morgan fingerprint density at radius 1 is 1.18 bits per heavy atom. The van der Waals surface area contributed by atoms with Crippen molar-refractivity contribution in [3.63, 3.8) is 0 Å². The molecule has 5 heteroatoms. The number of piperidine rings is 1. The van der Waals surface area contributed by atoms with Gasteiger partial charge in [0.1, 0.15) is 0 Å². The number of likely N-dealkylation sites (N-methyl/N-ethyl adjacent to an activating group) is 1. The number of aliphatic hydroxyl groups excluding tert-OH is 1. The van der Waals surface area contributed by atoms with Crippen molar-refractivity contribution in [1.29, 1.82) is 0 Å². The van der Waals surface area contributed by atoms with Crippen molar-refractivity contribution in [1.82, 2.24) is 20.0 Å². The molecular weight excluding hydrogens is 276 g/mol. The van der Waals surface area contributed by atoms with Gasteiger partial charge in [-0.15, -0.1) is 0 Å². The van der Waals surface area contributed by atoms with Gasteiger partial charge in [-0.1, -0.05) is 0 Å². The molecule has 0 aromatic carbocycles. The van der Waals surface area contributed by atoms with Crippen LogP contribution in [0.4, 0.5) is 0 Å². The van der Waals surface area contributed by atoms with E-state index in [1.807, 2.05) is 0 Å². The molecule has 128 valence electrons.